The van der Waals surface area contributed by atoms with Crippen molar-refractivity contribution in [3.8, 4) is 5.88 Å². The topological polar surface area (TPSA) is 72.8 Å². The van der Waals surface area contributed by atoms with Crippen LogP contribution in [-0.2, 0) is 0 Å². The number of aromatic amines is 1. The third kappa shape index (κ3) is 3.19. The number of rotatable bonds is 2. The maximum atomic E-state index is 13.5. The number of nitrogens with zero attached hydrogens (tertiary/aromatic N) is 2. The van der Waals surface area contributed by atoms with Gasteiger partial charge in [-0.2, -0.15) is 0 Å². The summed E-state index contributed by atoms with van der Waals surface area (Å²) in [6.45, 7) is 1.68. The van der Waals surface area contributed by atoms with E-state index in [0.717, 1.165) is 10.9 Å². The summed E-state index contributed by atoms with van der Waals surface area (Å²) in [5.74, 6) is -0.414. The van der Waals surface area contributed by atoms with Crippen LogP contribution in [-0.4, -0.2) is 15.2 Å². The Balaban J connectivity index is 1.80. The van der Waals surface area contributed by atoms with Crippen LogP contribution in [0.3, 0.4) is 0 Å². The lowest BCUT2D eigenvalue weighted by Crippen LogP contribution is -2.05. The minimum Gasteiger partial charge on any atom is -0.493 e. The quantitative estimate of drug-likeness (QED) is 0.467. The lowest BCUT2D eigenvalue weighted by atomic mass is 10.2. The summed E-state index contributed by atoms with van der Waals surface area (Å²) in [5.41, 5.74) is 2.09. The molecule has 0 atom stereocenters. The first-order valence-corrected chi connectivity index (χ1v) is 7.24. The van der Waals surface area contributed by atoms with E-state index in [2.05, 4.69) is 20.5 Å². The fourth-order valence-corrected chi connectivity index (χ4v) is 2.29. The van der Waals surface area contributed by atoms with Crippen molar-refractivity contribution in [1.82, 2.24) is 4.98 Å². The molecule has 0 saturated heterocycles. The van der Waals surface area contributed by atoms with Crippen molar-refractivity contribution < 1.29 is 9.50 Å². The predicted molar refractivity (Wildman–Crippen MR) is 91.8 cm³/mol. The highest BCUT2D eigenvalue weighted by atomic mass is 32.1. The lowest BCUT2D eigenvalue weighted by Gasteiger charge is -2.04. The van der Waals surface area contributed by atoms with E-state index < -0.39 is 0 Å². The average Bonchev–Trinajstić information content (AvgIpc) is 2.84. The Bertz CT molecular complexity index is 920. The van der Waals surface area contributed by atoms with Crippen molar-refractivity contribution >= 4 is 39.6 Å². The number of thiocarbonyl (C=S) groups is 1. The molecule has 2 aromatic carbocycles. The monoisotopic (exact) mass is 328 g/mol. The summed E-state index contributed by atoms with van der Waals surface area (Å²) >= 11 is 5.07. The Morgan fingerprint density at radius 1 is 1.26 bits per heavy atom. The van der Waals surface area contributed by atoms with E-state index in [4.69, 9.17) is 12.2 Å². The van der Waals surface area contributed by atoms with Gasteiger partial charge in [-0.1, -0.05) is 24.3 Å². The Hall–Kier alpha value is -2.80. The minimum absolute atomic E-state index is 0.0675. The van der Waals surface area contributed by atoms with Gasteiger partial charge in [0, 0.05) is 11.1 Å². The molecule has 5 nitrogen and oxygen atoms in total. The van der Waals surface area contributed by atoms with E-state index in [-0.39, 0.29) is 16.8 Å². The van der Waals surface area contributed by atoms with Gasteiger partial charge in [-0.3, -0.25) is 0 Å². The summed E-state index contributed by atoms with van der Waals surface area (Å²) in [7, 11) is 0. The van der Waals surface area contributed by atoms with Crippen LogP contribution in [0.4, 0.5) is 15.8 Å². The standard InChI is InChI=1S/C16H13FN4OS/c1-9-6-7-10(8-12(9)17)18-16(23)21-20-14-11-4-2-3-5-13(11)19-15(14)22/h2-8,19,22H,1H3,(H,18,23). The number of aromatic hydroxyl groups is 1. The van der Waals surface area contributed by atoms with Crippen molar-refractivity contribution in [3.05, 3.63) is 53.8 Å². The summed E-state index contributed by atoms with van der Waals surface area (Å²) in [6.07, 6.45) is 0. The fraction of sp³-hybridized carbons (Fsp3) is 0.0625. The Morgan fingerprint density at radius 2 is 2.04 bits per heavy atom. The number of azo groups is 1. The van der Waals surface area contributed by atoms with Gasteiger partial charge < -0.3 is 15.4 Å². The Morgan fingerprint density at radius 3 is 2.83 bits per heavy atom. The molecule has 23 heavy (non-hydrogen) atoms. The maximum Gasteiger partial charge on any atom is 0.218 e. The first-order chi connectivity index (χ1) is 11.0. The van der Waals surface area contributed by atoms with Gasteiger partial charge in [-0.15, -0.1) is 10.2 Å². The van der Waals surface area contributed by atoms with Crippen LogP contribution in [0.1, 0.15) is 5.56 Å². The molecular formula is C16H13FN4OS. The first kappa shape index (κ1) is 15.1. The van der Waals surface area contributed by atoms with E-state index in [1.807, 2.05) is 24.3 Å². The average molecular weight is 328 g/mol. The maximum absolute atomic E-state index is 13.5. The van der Waals surface area contributed by atoms with Crippen molar-refractivity contribution in [3.63, 3.8) is 0 Å². The zero-order valence-electron chi connectivity index (χ0n) is 12.2. The number of H-pyrrole nitrogens is 1. The second kappa shape index (κ2) is 6.13. The SMILES string of the molecule is Cc1ccc(NC(=S)N=Nc2c(O)[nH]c3ccccc23)cc1F. The van der Waals surface area contributed by atoms with Crippen LogP contribution in [0.5, 0.6) is 5.88 Å². The zero-order valence-corrected chi connectivity index (χ0v) is 13.0. The predicted octanol–water partition coefficient (Wildman–Crippen LogP) is 4.80. The molecule has 3 rings (SSSR count). The van der Waals surface area contributed by atoms with E-state index in [0.29, 0.717) is 16.9 Å². The molecule has 1 heterocycles. The molecule has 0 bridgehead atoms. The van der Waals surface area contributed by atoms with Crippen LogP contribution < -0.4 is 5.32 Å². The van der Waals surface area contributed by atoms with Crippen molar-refractivity contribution in [2.75, 3.05) is 5.32 Å². The third-order valence-corrected chi connectivity index (χ3v) is 3.51. The number of hydrogen-bond donors (Lipinski definition) is 3. The highest BCUT2D eigenvalue weighted by Gasteiger charge is 2.09. The molecule has 0 aliphatic rings. The number of hydrogen-bond acceptors (Lipinski definition) is 3. The van der Waals surface area contributed by atoms with Crippen LogP contribution >= 0.6 is 12.2 Å². The normalized spacial score (nSPS) is 11.2. The summed E-state index contributed by atoms with van der Waals surface area (Å²) in [6, 6.07) is 12.0. The highest BCUT2D eigenvalue weighted by molar-refractivity contribution is 7.80. The Labute approximate surface area is 136 Å². The molecule has 3 N–H and O–H groups in total. The van der Waals surface area contributed by atoms with Crippen LogP contribution in [0.15, 0.2) is 52.7 Å². The number of aryl methyl sites for hydroxylation is 1. The molecule has 0 aliphatic carbocycles. The van der Waals surface area contributed by atoms with Gasteiger partial charge in [-0.05, 0) is 42.9 Å². The van der Waals surface area contributed by atoms with Crippen molar-refractivity contribution in [2.45, 2.75) is 6.92 Å². The van der Waals surface area contributed by atoms with Gasteiger partial charge in [-0.25, -0.2) is 4.39 Å². The summed E-state index contributed by atoms with van der Waals surface area (Å²) < 4.78 is 13.5. The molecular weight excluding hydrogens is 315 g/mol. The molecule has 1 aromatic heterocycles. The molecule has 116 valence electrons. The molecule has 0 unspecified atom stereocenters. The van der Waals surface area contributed by atoms with Gasteiger partial charge in [0.05, 0.1) is 5.52 Å². The van der Waals surface area contributed by atoms with Crippen molar-refractivity contribution in [2.24, 2.45) is 10.2 Å². The summed E-state index contributed by atoms with van der Waals surface area (Å²) in [5, 5.41) is 21.3. The number of anilines is 1. The number of aromatic nitrogens is 1. The van der Waals surface area contributed by atoms with Crippen molar-refractivity contribution in [1.29, 1.82) is 0 Å². The van der Waals surface area contributed by atoms with E-state index in [9.17, 15) is 9.50 Å². The third-order valence-electron chi connectivity index (χ3n) is 3.32. The number of halogens is 1. The van der Waals surface area contributed by atoms with Gasteiger partial charge in [0.25, 0.3) is 0 Å². The summed E-state index contributed by atoms with van der Waals surface area (Å²) in [4.78, 5) is 2.80. The molecule has 0 fully saturated rings. The lowest BCUT2D eigenvalue weighted by molar-refractivity contribution is 0.459. The molecule has 0 aliphatic heterocycles. The molecule has 3 aromatic rings. The molecule has 0 saturated carbocycles. The van der Waals surface area contributed by atoms with Gasteiger partial charge in [0.15, 0.2) is 5.69 Å². The van der Waals surface area contributed by atoms with Crippen LogP contribution in [0.25, 0.3) is 10.9 Å². The first-order valence-electron chi connectivity index (χ1n) is 6.83. The van der Waals surface area contributed by atoms with E-state index >= 15 is 0 Å². The highest BCUT2D eigenvalue weighted by Crippen LogP contribution is 2.35. The molecule has 0 spiro atoms. The fourth-order valence-electron chi connectivity index (χ4n) is 2.13. The Kier molecular flexibility index (Phi) is 4.03. The molecule has 0 amide bonds. The second-order valence-corrected chi connectivity index (χ2v) is 5.35. The smallest absolute Gasteiger partial charge is 0.218 e. The van der Waals surface area contributed by atoms with Gasteiger partial charge in [0.1, 0.15) is 5.82 Å². The minimum atomic E-state index is -0.330. The second-order valence-electron chi connectivity index (χ2n) is 4.96. The molecule has 7 heteroatoms. The largest absolute Gasteiger partial charge is 0.493 e. The van der Waals surface area contributed by atoms with E-state index in [1.54, 1.807) is 19.1 Å². The number of fused-ring (bicyclic) bond motifs is 1. The van der Waals surface area contributed by atoms with E-state index in [1.165, 1.54) is 6.07 Å². The number of nitrogens with one attached hydrogen (secondary N) is 2. The number of para-hydroxylation sites is 1. The van der Waals surface area contributed by atoms with Gasteiger partial charge >= 0.3 is 0 Å². The van der Waals surface area contributed by atoms with Crippen LogP contribution in [0, 0.1) is 12.7 Å². The van der Waals surface area contributed by atoms with Crippen LogP contribution in [0.2, 0.25) is 0 Å². The zero-order chi connectivity index (χ0) is 16.4. The molecule has 0 radical (unpaired) electrons. The number of benzene rings is 2. The van der Waals surface area contributed by atoms with Gasteiger partial charge in [0.2, 0.25) is 11.0 Å².